The third-order valence-electron chi connectivity index (χ3n) is 2.11. The van der Waals surface area contributed by atoms with E-state index in [-0.39, 0.29) is 11.5 Å². The smallest absolute Gasteiger partial charge is 0.362 e. The minimum absolute atomic E-state index is 0.269. The molecule has 2 rings (SSSR count). The highest BCUT2D eigenvalue weighted by atomic mass is 35.5. The van der Waals surface area contributed by atoms with Crippen LogP contribution in [0, 0.1) is 0 Å². The molecule has 0 saturated heterocycles. The number of aromatic nitrogens is 2. The second kappa shape index (κ2) is 4.47. The Morgan fingerprint density at radius 2 is 2.24 bits per heavy atom. The fourth-order valence-electron chi connectivity index (χ4n) is 1.37. The van der Waals surface area contributed by atoms with Gasteiger partial charge in [0.05, 0.1) is 0 Å². The summed E-state index contributed by atoms with van der Waals surface area (Å²) in [5.74, 6) is 0.117. The number of carbonyl (C=O) groups excluding carboxylic acids is 1. The number of esters is 1. The lowest BCUT2D eigenvalue weighted by molar-refractivity contribution is 0.0723. The third kappa shape index (κ3) is 2.57. The molecule has 88 valence electrons. The summed E-state index contributed by atoms with van der Waals surface area (Å²) >= 11 is 5.78. The molecule has 0 bridgehead atoms. The summed E-state index contributed by atoms with van der Waals surface area (Å²) in [5, 5.41) is 4.36. The maximum atomic E-state index is 11.8. The van der Waals surface area contributed by atoms with Gasteiger partial charge in [-0.3, -0.25) is 4.68 Å². The first-order valence-electron chi connectivity index (χ1n) is 4.83. The Morgan fingerprint density at radius 1 is 1.47 bits per heavy atom. The number of halogens is 1. The van der Waals surface area contributed by atoms with Gasteiger partial charge in [0.15, 0.2) is 0 Å². The van der Waals surface area contributed by atoms with E-state index < -0.39 is 5.97 Å². The molecule has 0 unspecified atom stereocenters. The minimum atomic E-state index is -0.529. The van der Waals surface area contributed by atoms with Crippen molar-refractivity contribution in [1.29, 1.82) is 0 Å². The summed E-state index contributed by atoms with van der Waals surface area (Å²) in [5.41, 5.74) is 5.75. The van der Waals surface area contributed by atoms with Crippen molar-refractivity contribution in [3.63, 3.8) is 0 Å². The van der Waals surface area contributed by atoms with Crippen LogP contribution in [-0.4, -0.2) is 15.7 Å². The zero-order valence-electron chi connectivity index (χ0n) is 9.05. The molecule has 0 saturated carbocycles. The van der Waals surface area contributed by atoms with Crippen LogP contribution in [-0.2, 0) is 7.05 Å². The molecular weight excluding hydrogens is 242 g/mol. The molecule has 2 N–H and O–H groups in total. The van der Waals surface area contributed by atoms with Crippen molar-refractivity contribution in [2.24, 2.45) is 7.05 Å². The summed E-state index contributed by atoms with van der Waals surface area (Å²) < 4.78 is 6.50. The van der Waals surface area contributed by atoms with E-state index in [0.29, 0.717) is 10.8 Å². The average Bonchev–Trinajstić information content (AvgIpc) is 2.58. The molecule has 0 radical (unpaired) electrons. The van der Waals surface area contributed by atoms with Gasteiger partial charge in [-0.25, -0.2) is 4.79 Å². The van der Waals surface area contributed by atoms with Crippen LogP contribution in [0.4, 0.5) is 5.82 Å². The standard InChI is InChI=1S/C11H10ClN3O2/c1-15-9(6-10(13)14-15)11(16)17-8-4-2-3-7(12)5-8/h2-6H,1H3,(H2,13,14). The Morgan fingerprint density at radius 3 is 2.82 bits per heavy atom. The number of carbonyl (C=O) groups is 1. The van der Waals surface area contributed by atoms with E-state index in [1.165, 1.54) is 10.7 Å². The molecule has 0 aliphatic carbocycles. The van der Waals surface area contributed by atoms with Gasteiger partial charge in [-0.2, -0.15) is 5.10 Å². The van der Waals surface area contributed by atoms with Crippen molar-refractivity contribution < 1.29 is 9.53 Å². The first kappa shape index (κ1) is 11.5. The van der Waals surface area contributed by atoms with Crippen molar-refractivity contribution in [3.8, 4) is 5.75 Å². The van der Waals surface area contributed by atoms with Crippen molar-refractivity contribution >= 4 is 23.4 Å². The molecule has 5 nitrogen and oxygen atoms in total. The maximum Gasteiger partial charge on any atom is 0.362 e. The number of nitrogens with two attached hydrogens (primary N) is 1. The van der Waals surface area contributed by atoms with Crippen molar-refractivity contribution in [2.45, 2.75) is 0 Å². The zero-order valence-corrected chi connectivity index (χ0v) is 9.81. The first-order chi connectivity index (χ1) is 8.06. The number of benzene rings is 1. The largest absolute Gasteiger partial charge is 0.422 e. The Hall–Kier alpha value is -2.01. The van der Waals surface area contributed by atoms with Crippen LogP contribution in [0.25, 0.3) is 0 Å². The highest BCUT2D eigenvalue weighted by Crippen LogP contribution is 2.18. The normalized spacial score (nSPS) is 10.2. The number of anilines is 1. The van der Waals surface area contributed by atoms with Crippen LogP contribution in [0.1, 0.15) is 10.5 Å². The Labute approximate surface area is 103 Å². The molecule has 0 amide bonds. The lowest BCUT2D eigenvalue weighted by Gasteiger charge is -2.04. The van der Waals surface area contributed by atoms with Crippen LogP contribution >= 0.6 is 11.6 Å². The molecule has 2 aromatic rings. The van der Waals surface area contributed by atoms with E-state index in [1.807, 2.05) is 0 Å². The minimum Gasteiger partial charge on any atom is -0.422 e. The van der Waals surface area contributed by atoms with Crippen LogP contribution in [0.5, 0.6) is 5.75 Å². The van der Waals surface area contributed by atoms with E-state index in [2.05, 4.69) is 5.10 Å². The van der Waals surface area contributed by atoms with Crippen LogP contribution in [0.3, 0.4) is 0 Å². The molecule has 0 aliphatic rings. The van der Waals surface area contributed by atoms with E-state index in [4.69, 9.17) is 22.1 Å². The van der Waals surface area contributed by atoms with E-state index in [9.17, 15) is 4.79 Å². The van der Waals surface area contributed by atoms with Gasteiger partial charge in [-0.15, -0.1) is 0 Å². The number of nitrogens with zero attached hydrogens (tertiary/aromatic N) is 2. The number of nitrogen functional groups attached to an aromatic ring is 1. The first-order valence-corrected chi connectivity index (χ1v) is 5.21. The molecule has 17 heavy (non-hydrogen) atoms. The number of hydrogen-bond donors (Lipinski definition) is 1. The number of hydrogen-bond acceptors (Lipinski definition) is 4. The summed E-state index contributed by atoms with van der Waals surface area (Å²) in [7, 11) is 1.62. The fourth-order valence-corrected chi connectivity index (χ4v) is 1.55. The summed E-state index contributed by atoms with van der Waals surface area (Å²) in [6, 6.07) is 8.04. The maximum absolute atomic E-state index is 11.8. The highest BCUT2D eigenvalue weighted by molar-refractivity contribution is 6.30. The highest BCUT2D eigenvalue weighted by Gasteiger charge is 2.14. The zero-order chi connectivity index (χ0) is 12.4. The van der Waals surface area contributed by atoms with Gasteiger partial charge in [0.25, 0.3) is 0 Å². The van der Waals surface area contributed by atoms with Gasteiger partial charge in [0.2, 0.25) is 0 Å². The monoisotopic (exact) mass is 251 g/mol. The third-order valence-corrected chi connectivity index (χ3v) is 2.35. The number of ether oxygens (including phenoxy) is 1. The van der Waals surface area contributed by atoms with Gasteiger partial charge in [0, 0.05) is 18.1 Å². The van der Waals surface area contributed by atoms with Gasteiger partial charge < -0.3 is 10.5 Å². The second-order valence-corrected chi connectivity index (χ2v) is 3.86. The lowest BCUT2D eigenvalue weighted by Crippen LogP contribution is -2.13. The lowest BCUT2D eigenvalue weighted by atomic mass is 10.3. The van der Waals surface area contributed by atoms with Crippen molar-refractivity contribution in [2.75, 3.05) is 5.73 Å². The molecule has 0 spiro atoms. The van der Waals surface area contributed by atoms with E-state index >= 15 is 0 Å². The molecule has 0 aliphatic heterocycles. The number of rotatable bonds is 2. The Kier molecular flexibility index (Phi) is 3.01. The Bertz CT molecular complexity index is 566. The predicted molar refractivity (Wildman–Crippen MR) is 64.0 cm³/mol. The van der Waals surface area contributed by atoms with E-state index in [0.717, 1.165) is 0 Å². The van der Waals surface area contributed by atoms with Gasteiger partial charge in [-0.1, -0.05) is 17.7 Å². The molecule has 6 heteroatoms. The van der Waals surface area contributed by atoms with Crippen molar-refractivity contribution in [3.05, 3.63) is 41.0 Å². The SMILES string of the molecule is Cn1nc(N)cc1C(=O)Oc1cccc(Cl)c1. The van der Waals surface area contributed by atoms with Crippen LogP contribution in [0.15, 0.2) is 30.3 Å². The fraction of sp³-hybridized carbons (Fsp3) is 0.0909. The molecule has 0 fully saturated rings. The molecule has 1 aromatic carbocycles. The summed E-state index contributed by atoms with van der Waals surface area (Å²) in [6.07, 6.45) is 0. The van der Waals surface area contributed by atoms with Gasteiger partial charge in [0.1, 0.15) is 17.3 Å². The van der Waals surface area contributed by atoms with E-state index in [1.54, 1.807) is 31.3 Å². The van der Waals surface area contributed by atoms with Gasteiger partial charge in [-0.05, 0) is 18.2 Å². The average molecular weight is 252 g/mol. The molecular formula is C11H10ClN3O2. The van der Waals surface area contributed by atoms with Gasteiger partial charge >= 0.3 is 5.97 Å². The molecule has 1 heterocycles. The van der Waals surface area contributed by atoms with Crippen molar-refractivity contribution in [1.82, 2.24) is 9.78 Å². The quantitative estimate of drug-likeness (QED) is 0.653. The summed E-state index contributed by atoms with van der Waals surface area (Å²) in [4.78, 5) is 11.8. The molecule has 1 aromatic heterocycles. The Balaban J connectivity index is 2.20. The predicted octanol–water partition coefficient (Wildman–Crippen LogP) is 1.87. The van der Waals surface area contributed by atoms with Crippen LogP contribution < -0.4 is 10.5 Å². The summed E-state index contributed by atoms with van der Waals surface area (Å²) in [6.45, 7) is 0. The topological polar surface area (TPSA) is 70.1 Å². The second-order valence-electron chi connectivity index (χ2n) is 3.42. The van der Waals surface area contributed by atoms with Crippen LogP contribution in [0.2, 0.25) is 5.02 Å². The number of aryl methyl sites for hydroxylation is 1. The molecule has 0 atom stereocenters.